The maximum absolute atomic E-state index is 11.8. The van der Waals surface area contributed by atoms with E-state index in [-0.39, 0.29) is 11.6 Å². The smallest absolute Gasteiger partial charge is 0.335 e. The molecule has 110 valence electrons. The molecule has 0 heterocycles. The number of aromatic carboxylic acids is 1. The molecule has 0 atom stereocenters. The van der Waals surface area contributed by atoms with Gasteiger partial charge in [-0.1, -0.05) is 26.7 Å². The van der Waals surface area contributed by atoms with Gasteiger partial charge in [-0.15, -0.1) is 0 Å². The van der Waals surface area contributed by atoms with Gasteiger partial charge >= 0.3 is 12.0 Å². The number of hydrogen-bond acceptors (Lipinski definition) is 2. The lowest BCUT2D eigenvalue weighted by atomic mass is 10.0. The Morgan fingerprint density at radius 1 is 1.30 bits per heavy atom. The predicted octanol–water partition coefficient (Wildman–Crippen LogP) is 3.71. The fraction of sp³-hybridized carbons (Fsp3) is 0.429. The van der Waals surface area contributed by atoms with E-state index in [2.05, 4.69) is 40.4 Å². The molecule has 0 fully saturated rings. The topological polar surface area (TPSA) is 78.4 Å². The molecule has 0 aromatic heterocycles. The van der Waals surface area contributed by atoms with Crippen molar-refractivity contribution in [2.45, 2.75) is 26.7 Å². The van der Waals surface area contributed by atoms with Gasteiger partial charge in [0, 0.05) is 11.0 Å². The zero-order valence-electron chi connectivity index (χ0n) is 11.6. The molecule has 1 aromatic carbocycles. The standard InChI is InChI=1S/C14H19BrN2O3/c1-3-9(4-2)8-16-14(20)17-12-6-5-10(13(18)19)7-11(12)15/h5-7,9H,3-4,8H2,1-2H3,(H,18,19)(H2,16,17,20). The van der Waals surface area contributed by atoms with Crippen LogP contribution in [0.3, 0.4) is 0 Å². The van der Waals surface area contributed by atoms with Crippen LogP contribution < -0.4 is 10.6 Å². The van der Waals surface area contributed by atoms with Crippen molar-refractivity contribution in [3.05, 3.63) is 28.2 Å². The lowest BCUT2D eigenvalue weighted by molar-refractivity contribution is 0.0697. The van der Waals surface area contributed by atoms with E-state index in [1.807, 2.05) is 0 Å². The van der Waals surface area contributed by atoms with Crippen molar-refractivity contribution in [2.75, 3.05) is 11.9 Å². The molecule has 0 bridgehead atoms. The van der Waals surface area contributed by atoms with Gasteiger partial charge in [-0.2, -0.15) is 0 Å². The molecular formula is C14H19BrN2O3. The third-order valence-corrected chi connectivity index (χ3v) is 3.83. The molecule has 0 aliphatic carbocycles. The van der Waals surface area contributed by atoms with Crippen LogP contribution in [0.25, 0.3) is 0 Å². The van der Waals surface area contributed by atoms with Crippen LogP contribution in [0.4, 0.5) is 10.5 Å². The number of nitrogens with one attached hydrogen (secondary N) is 2. The summed E-state index contributed by atoms with van der Waals surface area (Å²) >= 11 is 3.25. The number of urea groups is 1. The van der Waals surface area contributed by atoms with E-state index in [9.17, 15) is 9.59 Å². The average Bonchev–Trinajstić information content (AvgIpc) is 2.42. The number of anilines is 1. The van der Waals surface area contributed by atoms with Crippen LogP contribution in [0.2, 0.25) is 0 Å². The van der Waals surface area contributed by atoms with Crippen molar-refractivity contribution in [2.24, 2.45) is 5.92 Å². The molecular weight excluding hydrogens is 324 g/mol. The van der Waals surface area contributed by atoms with E-state index in [1.54, 1.807) is 6.07 Å². The SMILES string of the molecule is CCC(CC)CNC(=O)Nc1ccc(C(=O)O)cc1Br. The van der Waals surface area contributed by atoms with Crippen molar-refractivity contribution >= 4 is 33.6 Å². The van der Waals surface area contributed by atoms with E-state index in [4.69, 9.17) is 5.11 Å². The van der Waals surface area contributed by atoms with Crippen molar-refractivity contribution in [1.29, 1.82) is 0 Å². The molecule has 0 unspecified atom stereocenters. The van der Waals surface area contributed by atoms with Gasteiger partial charge in [-0.3, -0.25) is 0 Å². The molecule has 0 aliphatic rings. The Morgan fingerprint density at radius 2 is 1.95 bits per heavy atom. The summed E-state index contributed by atoms with van der Waals surface area (Å²) in [6, 6.07) is 4.17. The third-order valence-electron chi connectivity index (χ3n) is 3.17. The summed E-state index contributed by atoms with van der Waals surface area (Å²) in [5.41, 5.74) is 0.705. The first-order chi connectivity index (χ1) is 9.47. The van der Waals surface area contributed by atoms with Gasteiger partial charge in [-0.05, 0) is 40.0 Å². The quantitative estimate of drug-likeness (QED) is 0.737. The van der Waals surface area contributed by atoms with Crippen LogP contribution in [-0.4, -0.2) is 23.7 Å². The second-order valence-electron chi connectivity index (χ2n) is 4.52. The van der Waals surface area contributed by atoms with Crippen LogP contribution >= 0.6 is 15.9 Å². The van der Waals surface area contributed by atoms with Crippen LogP contribution in [0.5, 0.6) is 0 Å². The Balaban J connectivity index is 2.60. The molecule has 1 aromatic rings. The Kier molecular flexibility index (Phi) is 6.51. The van der Waals surface area contributed by atoms with Crippen molar-refractivity contribution in [1.82, 2.24) is 5.32 Å². The number of carbonyl (C=O) groups excluding carboxylic acids is 1. The number of carboxylic acid groups (broad SMARTS) is 1. The Morgan fingerprint density at radius 3 is 2.45 bits per heavy atom. The first kappa shape index (κ1) is 16.5. The number of hydrogen-bond donors (Lipinski definition) is 3. The minimum atomic E-state index is -1.00. The first-order valence-electron chi connectivity index (χ1n) is 6.55. The molecule has 6 heteroatoms. The number of amides is 2. The number of halogens is 1. The number of rotatable bonds is 6. The van der Waals surface area contributed by atoms with Gasteiger partial charge in [0.15, 0.2) is 0 Å². The molecule has 1 rings (SSSR count). The summed E-state index contributed by atoms with van der Waals surface area (Å²) in [5.74, 6) is -0.533. The monoisotopic (exact) mass is 342 g/mol. The summed E-state index contributed by atoms with van der Waals surface area (Å²) in [6.45, 7) is 4.81. The maximum Gasteiger partial charge on any atom is 0.335 e. The molecule has 0 saturated carbocycles. The van der Waals surface area contributed by atoms with Crippen LogP contribution in [0, 0.1) is 5.92 Å². The minimum Gasteiger partial charge on any atom is -0.478 e. The molecule has 0 spiro atoms. The summed E-state index contributed by atoms with van der Waals surface area (Å²) < 4.78 is 0.537. The minimum absolute atomic E-state index is 0.167. The normalized spacial score (nSPS) is 10.4. The van der Waals surface area contributed by atoms with Crippen LogP contribution in [-0.2, 0) is 0 Å². The molecule has 20 heavy (non-hydrogen) atoms. The van der Waals surface area contributed by atoms with E-state index in [1.165, 1.54) is 12.1 Å². The summed E-state index contributed by atoms with van der Waals surface area (Å²) in [4.78, 5) is 22.6. The van der Waals surface area contributed by atoms with E-state index >= 15 is 0 Å². The molecule has 3 N–H and O–H groups in total. The van der Waals surface area contributed by atoms with Crippen molar-refractivity contribution in [3.63, 3.8) is 0 Å². The Labute approximate surface area is 126 Å². The fourth-order valence-corrected chi connectivity index (χ4v) is 2.21. The van der Waals surface area contributed by atoms with Crippen LogP contribution in [0.15, 0.2) is 22.7 Å². The average molecular weight is 343 g/mol. The molecule has 2 amide bonds. The summed E-state index contributed by atoms with van der Waals surface area (Å²) in [6.07, 6.45) is 2.04. The number of carboxylic acids is 1. The second kappa shape index (κ2) is 7.89. The Hall–Kier alpha value is -1.56. The van der Waals surface area contributed by atoms with E-state index < -0.39 is 5.97 Å². The van der Waals surface area contributed by atoms with Crippen molar-refractivity contribution < 1.29 is 14.7 Å². The van der Waals surface area contributed by atoms with Gasteiger partial charge in [0.1, 0.15) is 0 Å². The summed E-state index contributed by atoms with van der Waals surface area (Å²) in [5, 5.41) is 14.4. The highest BCUT2D eigenvalue weighted by atomic mass is 79.9. The van der Waals surface area contributed by atoms with E-state index in [0.29, 0.717) is 22.6 Å². The highest BCUT2D eigenvalue weighted by Gasteiger charge is 2.10. The van der Waals surface area contributed by atoms with Gasteiger partial charge < -0.3 is 15.7 Å². The Bertz CT molecular complexity index is 487. The predicted molar refractivity (Wildman–Crippen MR) is 82.2 cm³/mol. The molecule has 0 radical (unpaired) electrons. The van der Waals surface area contributed by atoms with Crippen LogP contribution in [0.1, 0.15) is 37.0 Å². The lowest BCUT2D eigenvalue weighted by Gasteiger charge is -2.14. The zero-order valence-corrected chi connectivity index (χ0v) is 13.2. The third kappa shape index (κ3) is 4.85. The molecule has 5 nitrogen and oxygen atoms in total. The van der Waals surface area contributed by atoms with E-state index in [0.717, 1.165) is 12.8 Å². The molecule has 0 aliphatic heterocycles. The maximum atomic E-state index is 11.8. The number of carbonyl (C=O) groups is 2. The van der Waals surface area contributed by atoms with Gasteiger partial charge in [-0.25, -0.2) is 9.59 Å². The largest absolute Gasteiger partial charge is 0.478 e. The van der Waals surface area contributed by atoms with Gasteiger partial charge in [0.05, 0.1) is 11.3 Å². The summed E-state index contributed by atoms with van der Waals surface area (Å²) in [7, 11) is 0. The first-order valence-corrected chi connectivity index (χ1v) is 7.34. The lowest BCUT2D eigenvalue weighted by Crippen LogP contribution is -2.32. The zero-order chi connectivity index (χ0) is 15.1. The van der Waals surface area contributed by atoms with Crippen molar-refractivity contribution in [3.8, 4) is 0 Å². The van der Waals surface area contributed by atoms with Gasteiger partial charge in [0.2, 0.25) is 0 Å². The number of benzene rings is 1. The molecule has 0 saturated heterocycles. The highest BCUT2D eigenvalue weighted by Crippen LogP contribution is 2.23. The second-order valence-corrected chi connectivity index (χ2v) is 5.37. The van der Waals surface area contributed by atoms with Gasteiger partial charge in [0.25, 0.3) is 0 Å². The fourth-order valence-electron chi connectivity index (χ4n) is 1.73. The highest BCUT2D eigenvalue weighted by molar-refractivity contribution is 9.10.